The molecule has 0 fully saturated rings. The summed E-state index contributed by atoms with van der Waals surface area (Å²) in [6.45, 7) is 0. The van der Waals surface area contributed by atoms with E-state index < -0.39 is 0 Å². The van der Waals surface area contributed by atoms with Gasteiger partial charge >= 0.3 is 0 Å². The molecule has 0 aliphatic carbocycles. The first-order chi connectivity index (χ1) is 7.16. The van der Waals surface area contributed by atoms with Gasteiger partial charge in [-0.25, -0.2) is 9.98 Å². The Morgan fingerprint density at radius 2 is 2.13 bits per heavy atom. The van der Waals surface area contributed by atoms with Gasteiger partial charge in [0, 0.05) is 21.2 Å². The maximum absolute atomic E-state index is 5.88. The molecule has 0 spiro atoms. The van der Waals surface area contributed by atoms with Crippen molar-refractivity contribution in [3.8, 4) is 0 Å². The van der Waals surface area contributed by atoms with Gasteiger partial charge in [0.05, 0.1) is 0 Å². The van der Waals surface area contributed by atoms with Crippen molar-refractivity contribution in [1.82, 2.24) is 9.36 Å². The summed E-state index contributed by atoms with van der Waals surface area (Å²) in [6, 6.07) is 1.77. The van der Waals surface area contributed by atoms with Crippen LogP contribution in [0, 0.1) is 0 Å². The highest BCUT2D eigenvalue weighted by molar-refractivity contribution is 9.10. The van der Waals surface area contributed by atoms with Crippen molar-refractivity contribution in [2.45, 2.75) is 0 Å². The lowest BCUT2D eigenvalue weighted by Gasteiger charge is -1.96. The number of rotatable bonds is 1. The van der Waals surface area contributed by atoms with Crippen LogP contribution in [0.1, 0.15) is 0 Å². The molecule has 0 aliphatic rings. The highest BCUT2D eigenvalue weighted by Gasteiger charge is 2.03. The Bertz CT molecular complexity index is 551. The Morgan fingerprint density at radius 1 is 1.33 bits per heavy atom. The van der Waals surface area contributed by atoms with E-state index in [4.69, 9.17) is 23.2 Å². The van der Waals surface area contributed by atoms with E-state index in [0.717, 1.165) is 4.47 Å². The molecule has 3 nitrogen and oxygen atoms in total. The van der Waals surface area contributed by atoms with Crippen molar-refractivity contribution < 1.29 is 0 Å². The number of hydrogen-bond acceptors (Lipinski definition) is 5. The van der Waals surface area contributed by atoms with Crippen molar-refractivity contribution in [3.63, 3.8) is 0 Å². The normalized spacial score (nSPS) is 12.1. The van der Waals surface area contributed by atoms with Gasteiger partial charge in [0.25, 0.3) is 0 Å². The second kappa shape index (κ2) is 4.88. The Hall–Kier alpha value is -0.0100. The fourth-order valence-electron chi connectivity index (χ4n) is 0.825. The third-order valence-electron chi connectivity index (χ3n) is 1.42. The van der Waals surface area contributed by atoms with E-state index in [1.807, 2.05) is 0 Å². The molecule has 0 bridgehead atoms. The minimum absolute atomic E-state index is 0.340. The predicted octanol–water partition coefficient (Wildman–Crippen LogP) is 3.90. The summed E-state index contributed by atoms with van der Waals surface area (Å²) in [5, 5.41) is 0.730. The van der Waals surface area contributed by atoms with Crippen LogP contribution >= 0.6 is 60.0 Å². The quantitative estimate of drug-likeness (QED) is 0.582. The van der Waals surface area contributed by atoms with E-state index in [2.05, 4.69) is 30.3 Å². The van der Waals surface area contributed by atoms with Gasteiger partial charge < -0.3 is 0 Å². The zero-order valence-electron chi connectivity index (χ0n) is 6.95. The highest BCUT2D eigenvalue weighted by atomic mass is 79.9. The minimum atomic E-state index is 0.340. The van der Waals surface area contributed by atoms with Crippen molar-refractivity contribution in [2.75, 3.05) is 0 Å². The van der Waals surface area contributed by atoms with Crippen molar-refractivity contribution >= 4 is 65.7 Å². The van der Waals surface area contributed by atoms with Crippen LogP contribution < -0.4 is 4.67 Å². The zero-order valence-corrected chi connectivity index (χ0v) is 11.7. The Kier molecular flexibility index (Phi) is 3.73. The molecule has 2 aromatic heterocycles. The summed E-state index contributed by atoms with van der Waals surface area (Å²) >= 11 is 15.0. The molecule has 8 heteroatoms. The van der Waals surface area contributed by atoms with Gasteiger partial charge in [0.15, 0.2) is 15.0 Å². The summed E-state index contributed by atoms with van der Waals surface area (Å²) in [7, 11) is 2.68. The molecule has 0 saturated heterocycles. The monoisotopic (exact) mass is 341 g/mol. The van der Waals surface area contributed by atoms with Crippen LogP contribution in [0.5, 0.6) is 0 Å². The van der Waals surface area contributed by atoms with Gasteiger partial charge in [0.2, 0.25) is 0 Å². The summed E-state index contributed by atoms with van der Waals surface area (Å²) < 4.78 is 5.38. The zero-order chi connectivity index (χ0) is 10.8. The predicted molar refractivity (Wildman–Crippen MR) is 67.2 cm³/mol. The minimum Gasteiger partial charge on any atom is -0.241 e. The lowest BCUT2D eigenvalue weighted by molar-refractivity contribution is 1.26. The summed E-state index contributed by atoms with van der Waals surface area (Å²) in [5.74, 6) is 0. The summed E-state index contributed by atoms with van der Waals surface area (Å²) in [6.07, 6.45) is 1.61. The average molecular weight is 343 g/mol. The second-order valence-corrected chi connectivity index (χ2v) is 5.88. The van der Waals surface area contributed by atoms with Crippen LogP contribution in [0.25, 0.3) is 0 Å². The first-order valence-electron chi connectivity index (χ1n) is 3.64. The maximum atomic E-state index is 5.88. The van der Waals surface area contributed by atoms with Crippen LogP contribution in [-0.4, -0.2) is 9.36 Å². The van der Waals surface area contributed by atoms with E-state index in [1.165, 1.54) is 20.9 Å². The Morgan fingerprint density at radius 3 is 2.80 bits per heavy atom. The average Bonchev–Trinajstić information content (AvgIpc) is 2.58. The second-order valence-electron chi connectivity index (χ2n) is 2.42. The van der Waals surface area contributed by atoms with Crippen LogP contribution in [0.3, 0.4) is 0 Å². The summed E-state index contributed by atoms with van der Waals surface area (Å²) in [5.41, 5.74) is 0.574. The maximum Gasteiger partial charge on any atom is 0.179 e. The summed E-state index contributed by atoms with van der Waals surface area (Å²) in [4.78, 5) is 8.23. The molecule has 0 aromatic carbocycles. The third kappa shape index (κ3) is 2.76. The highest BCUT2D eigenvalue weighted by Crippen LogP contribution is 2.25. The van der Waals surface area contributed by atoms with Gasteiger partial charge in [-0.15, -0.1) is 0 Å². The van der Waals surface area contributed by atoms with E-state index in [0.29, 0.717) is 20.7 Å². The van der Waals surface area contributed by atoms with Crippen LogP contribution in [0.15, 0.2) is 21.7 Å². The topological polar surface area (TPSA) is 38.1 Å². The molecule has 0 saturated carbocycles. The molecule has 2 heterocycles. The van der Waals surface area contributed by atoms with Crippen LogP contribution in [0.2, 0.25) is 10.3 Å². The van der Waals surface area contributed by atoms with Gasteiger partial charge in [-0.1, -0.05) is 23.2 Å². The molecule has 15 heavy (non-hydrogen) atoms. The number of pyridine rings is 1. The molecule has 0 atom stereocenters. The standard InChI is InChI=1S/C7H2BrCl2N3S2/c8-3-1-4(5(9)11-2-3)12-7-6(10)13-15-14-7/h1-2H. The number of halogens is 3. The van der Waals surface area contributed by atoms with Crippen molar-refractivity contribution in [3.05, 3.63) is 31.7 Å². The van der Waals surface area contributed by atoms with E-state index in [9.17, 15) is 0 Å². The van der Waals surface area contributed by atoms with Gasteiger partial charge in [-0.05, 0) is 32.3 Å². The van der Waals surface area contributed by atoms with Gasteiger partial charge in [0.1, 0.15) is 5.69 Å². The molecule has 2 rings (SSSR count). The number of nitrogens with zero attached hydrogens (tertiary/aromatic N) is 3. The smallest absolute Gasteiger partial charge is 0.179 e. The van der Waals surface area contributed by atoms with Crippen LogP contribution in [-0.2, 0) is 0 Å². The largest absolute Gasteiger partial charge is 0.241 e. The lowest BCUT2D eigenvalue weighted by atomic mass is 10.4. The Balaban J connectivity index is 2.57. The fourth-order valence-corrected chi connectivity index (χ4v) is 3.27. The Labute approximate surface area is 111 Å². The van der Waals surface area contributed by atoms with Crippen molar-refractivity contribution in [2.24, 2.45) is 4.99 Å². The molecule has 0 unspecified atom stereocenters. The van der Waals surface area contributed by atoms with Gasteiger partial charge in [-0.2, -0.15) is 4.37 Å². The first-order valence-corrected chi connectivity index (χ1v) is 7.29. The van der Waals surface area contributed by atoms with Crippen molar-refractivity contribution in [1.29, 1.82) is 0 Å². The fraction of sp³-hybridized carbons (Fsp3) is 0. The molecule has 0 aliphatic heterocycles. The number of aromatic nitrogens is 2. The molecule has 0 radical (unpaired) electrons. The first kappa shape index (κ1) is 11.5. The molecule has 0 N–H and O–H groups in total. The van der Waals surface area contributed by atoms with Gasteiger partial charge in [-0.3, -0.25) is 0 Å². The van der Waals surface area contributed by atoms with E-state index >= 15 is 0 Å². The van der Waals surface area contributed by atoms with Crippen LogP contribution in [0.4, 0.5) is 5.69 Å². The molecule has 0 amide bonds. The SMILES string of the molecule is Clc1ncc(Br)cc1N=c1ssnc1Cl. The molecule has 2 aromatic rings. The van der Waals surface area contributed by atoms with E-state index in [-0.39, 0.29) is 0 Å². The van der Waals surface area contributed by atoms with E-state index in [1.54, 1.807) is 12.3 Å². The number of hydrogen-bond donors (Lipinski definition) is 0. The molecular weight excluding hydrogens is 341 g/mol. The third-order valence-corrected chi connectivity index (χ3v) is 4.31. The molecular formula is C7H2BrCl2N3S2. The lowest BCUT2D eigenvalue weighted by Crippen LogP contribution is -1.93. The molecule has 78 valence electrons.